The number of para-hydroxylation sites is 1. The third kappa shape index (κ3) is 3.73. The van der Waals surface area contributed by atoms with Crippen LogP contribution in [-0.4, -0.2) is 21.1 Å². The molecule has 2 aromatic carbocycles. The number of rotatable bonds is 5. The van der Waals surface area contributed by atoms with Gasteiger partial charge >= 0.3 is 0 Å². The number of ether oxygens (including phenoxy) is 1. The second-order valence-corrected chi connectivity index (χ2v) is 5.23. The minimum absolute atomic E-state index is 0.481. The first-order valence-electron chi connectivity index (χ1n) is 7.30. The van der Waals surface area contributed by atoms with E-state index >= 15 is 0 Å². The van der Waals surface area contributed by atoms with E-state index in [0.717, 1.165) is 29.3 Å². The van der Waals surface area contributed by atoms with Crippen molar-refractivity contribution in [2.45, 2.75) is 13.3 Å². The van der Waals surface area contributed by atoms with Crippen LogP contribution < -0.4 is 4.74 Å². The van der Waals surface area contributed by atoms with Gasteiger partial charge in [0.2, 0.25) is 4.77 Å². The van der Waals surface area contributed by atoms with Crippen molar-refractivity contribution in [2.75, 3.05) is 0 Å². The zero-order valence-corrected chi connectivity index (χ0v) is 13.5. The summed E-state index contributed by atoms with van der Waals surface area (Å²) in [6.07, 6.45) is 2.49. The van der Waals surface area contributed by atoms with Crippen LogP contribution in [0.2, 0.25) is 0 Å². The molecule has 1 heterocycles. The fourth-order valence-electron chi connectivity index (χ4n) is 2.08. The first-order chi connectivity index (χ1) is 11.3. The molecule has 0 saturated carbocycles. The van der Waals surface area contributed by atoms with E-state index < -0.39 is 0 Å². The number of nitrogens with one attached hydrogen (secondary N) is 1. The van der Waals surface area contributed by atoms with Crippen LogP contribution in [0.4, 0.5) is 0 Å². The highest BCUT2D eigenvalue weighted by molar-refractivity contribution is 7.71. The van der Waals surface area contributed by atoms with Crippen LogP contribution in [0.15, 0.2) is 59.7 Å². The monoisotopic (exact) mass is 324 g/mol. The molecular formula is C17H16N4OS. The van der Waals surface area contributed by atoms with Crippen molar-refractivity contribution in [3.05, 3.63) is 70.8 Å². The van der Waals surface area contributed by atoms with Gasteiger partial charge in [0.05, 0.1) is 6.21 Å². The van der Waals surface area contributed by atoms with Crippen molar-refractivity contribution >= 4 is 18.4 Å². The Kier molecular flexibility index (Phi) is 4.63. The number of benzene rings is 2. The number of H-pyrrole nitrogens is 1. The Morgan fingerprint density at radius 2 is 1.96 bits per heavy atom. The summed E-state index contributed by atoms with van der Waals surface area (Å²) in [5.41, 5.74) is 0.920. The average Bonchev–Trinajstić information content (AvgIpc) is 2.94. The van der Waals surface area contributed by atoms with Crippen LogP contribution in [0, 0.1) is 4.77 Å². The molecule has 0 spiro atoms. The lowest BCUT2D eigenvalue weighted by atomic mass is 10.2. The molecule has 116 valence electrons. The molecule has 0 radical (unpaired) electrons. The van der Waals surface area contributed by atoms with E-state index in [1.165, 1.54) is 0 Å². The lowest BCUT2D eigenvalue weighted by Gasteiger charge is -2.05. The third-order valence-electron chi connectivity index (χ3n) is 3.19. The maximum Gasteiger partial charge on any atom is 0.216 e. The second kappa shape index (κ2) is 7.02. The van der Waals surface area contributed by atoms with E-state index in [-0.39, 0.29) is 0 Å². The summed E-state index contributed by atoms with van der Waals surface area (Å²) in [5.74, 6) is 2.35. The molecule has 0 aliphatic carbocycles. The Labute approximate surface area is 139 Å². The second-order valence-electron chi connectivity index (χ2n) is 4.84. The number of aryl methyl sites for hydroxylation is 1. The number of aromatic amines is 1. The molecule has 0 aliphatic rings. The van der Waals surface area contributed by atoms with Gasteiger partial charge in [-0.2, -0.15) is 14.9 Å². The molecule has 5 nitrogen and oxygen atoms in total. The van der Waals surface area contributed by atoms with E-state index in [1.54, 1.807) is 10.9 Å². The Morgan fingerprint density at radius 1 is 1.17 bits per heavy atom. The molecular weight excluding hydrogens is 308 g/mol. The molecule has 6 heteroatoms. The lowest BCUT2D eigenvalue weighted by Crippen LogP contribution is -1.97. The highest BCUT2D eigenvalue weighted by Crippen LogP contribution is 2.21. The quantitative estimate of drug-likeness (QED) is 0.566. The zero-order chi connectivity index (χ0) is 16.1. The van der Waals surface area contributed by atoms with Crippen LogP contribution >= 0.6 is 12.2 Å². The van der Waals surface area contributed by atoms with Crippen LogP contribution in [0.25, 0.3) is 0 Å². The molecule has 1 aromatic heterocycles. The summed E-state index contributed by atoms with van der Waals surface area (Å²) in [7, 11) is 0. The predicted octanol–water partition coefficient (Wildman–Crippen LogP) is 4.18. The molecule has 0 amide bonds. The van der Waals surface area contributed by atoms with Crippen molar-refractivity contribution in [3.8, 4) is 11.5 Å². The molecule has 3 rings (SSSR count). The van der Waals surface area contributed by atoms with Gasteiger partial charge in [0, 0.05) is 6.42 Å². The Hall–Kier alpha value is -2.73. The van der Waals surface area contributed by atoms with Crippen molar-refractivity contribution in [3.63, 3.8) is 0 Å². The van der Waals surface area contributed by atoms with E-state index in [4.69, 9.17) is 17.0 Å². The molecule has 23 heavy (non-hydrogen) atoms. The van der Waals surface area contributed by atoms with Gasteiger partial charge < -0.3 is 4.74 Å². The molecule has 0 bridgehead atoms. The molecule has 3 aromatic rings. The van der Waals surface area contributed by atoms with Gasteiger partial charge in [-0.3, -0.25) is 5.10 Å². The van der Waals surface area contributed by atoms with E-state index in [9.17, 15) is 0 Å². The van der Waals surface area contributed by atoms with E-state index in [2.05, 4.69) is 15.3 Å². The van der Waals surface area contributed by atoms with Crippen LogP contribution in [0.5, 0.6) is 11.5 Å². The standard InChI is InChI=1S/C17H16N4OS/c1-2-16-19-20-17(23)21(16)18-12-13-7-6-10-15(11-13)22-14-8-4-3-5-9-14/h3-12H,2H2,1H3,(H,20,23)/b18-12+. The molecule has 0 fully saturated rings. The number of hydrogen-bond acceptors (Lipinski definition) is 4. The van der Waals surface area contributed by atoms with E-state index in [1.807, 2.05) is 61.5 Å². The topological polar surface area (TPSA) is 55.2 Å². The maximum absolute atomic E-state index is 5.82. The fourth-order valence-corrected chi connectivity index (χ4v) is 2.28. The van der Waals surface area contributed by atoms with Gasteiger partial charge in [-0.05, 0) is 42.0 Å². The van der Waals surface area contributed by atoms with Crippen molar-refractivity contribution in [1.82, 2.24) is 14.9 Å². The van der Waals surface area contributed by atoms with Gasteiger partial charge in [-0.15, -0.1) is 0 Å². The number of aromatic nitrogens is 3. The van der Waals surface area contributed by atoms with Crippen molar-refractivity contribution in [2.24, 2.45) is 5.10 Å². The zero-order valence-electron chi connectivity index (χ0n) is 12.6. The normalized spacial score (nSPS) is 11.0. The fraction of sp³-hybridized carbons (Fsp3) is 0.118. The summed E-state index contributed by atoms with van der Waals surface area (Å²) in [5, 5.41) is 11.3. The smallest absolute Gasteiger partial charge is 0.216 e. The molecule has 0 unspecified atom stereocenters. The van der Waals surface area contributed by atoms with Crippen LogP contribution in [0.1, 0.15) is 18.3 Å². The number of hydrogen-bond donors (Lipinski definition) is 1. The Balaban J connectivity index is 1.81. The predicted molar refractivity (Wildman–Crippen MR) is 92.7 cm³/mol. The first-order valence-corrected chi connectivity index (χ1v) is 7.70. The molecule has 0 atom stereocenters. The van der Waals surface area contributed by atoms with Gasteiger partial charge in [0.1, 0.15) is 11.5 Å². The van der Waals surface area contributed by atoms with Gasteiger partial charge in [-0.25, -0.2) is 0 Å². The summed E-state index contributed by atoms with van der Waals surface area (Å²) in [6, 6.07) is 17.4. The summed E-state index contributed by atoms with van der Waals surface area (Å²) in [6.45, 7) is 2.01. The minimum atomic E-state index is 0.481. The Morgan fingerprint density at radius 3 is 2.74 bits per heavy atom. The van der Waals surface area contributed by atoms with Gasteiger partial charge in [0.15, 0.2) is 5.82 Å². The summed E-state index contributed by atoms with van der Waals surface area (Å²) >= 11 is 5.17. The van der Waals surface area contributed by atoms with Crippen molar-refractivity contribution in [1.29, 1.82) is 0 Å². The van der Waals surface area contributed by atoms with Gasteiger partial charge in [0.25, 0.3) is 0 Å². The summed E-state index contributed by atoms with van der Waals surface area (Å²) < 4.78 is 7.92. The average molecular weight is 324 g/mol. The lowest BCUT2D eigenvalue weighted by molar-refractivity contribution is 0.482. The first kappa shape index (κ1) is 15.2. The molecule has 0 saturated heterocycles. The minimum Gasteiger partial charge on any atom is -0.457 e. The van der Waals surface area contributed by atoms with E-state index in [0.29, 0.717) is 4.77 Å². The van der Waals surface area contributed by atoms with Crippen LogP contribution in [-0.2, 0) is 6.42 Å². The maximum atomic E-state index is 5.82. The van der Waals surface area contributed by atoms with Crippen molar-refractivity contribution < 1.29 is 4.74 Å². The third-order valence-corrected chi connectivity index (χ3v) is 3.46. The SMILES string of the molecule is CCc1n[nH]c(=S)n1/N=C/c1cccc(Oc2ccccc2)c1. The Bertz CT molecular complexity index is 868. The molecule has 0 aliphatic heterocycles. The summed E-state index contributed by atoms with van der Waals surface area (Å²) in [4.78, 5) is 0. The highest BCUT2D eigenvalue weighted by Gasteiger charge is 2.02. The van der Waals surface area contributed by atoms with Gasteiger partial charge in [-0.1, -0.05) is 37.3 Å². The molecule has 1 N–H and O–H groups in total. The largest absolute Gasteiger partial charge is 0.457 e. The highest BCUT2D eigenvalue weighted by atomic mass is 32.1. The van der Waals surface area contributed by atoms with Crippen LogP contribution in [0.3, 0.4) is 0 Å². The number of nitrogens with zero attached hydrogens (tertiary/aromatic N) is 3.